The van der Waals surface area contributed by atoms with Crippen molar-refractivity contribution in [3.05, 3.63) is 23.0 Å². The Bertz CT molecular complexity index is 411. The van der Waals surface area contributed by atoms with E-state index in [9.17, 15) is 0 Å². The van der Waals surface area contributed by atoms with Crippen LogP contribution >= 0.6 is 0 Å². The summed E-state index contributed by atoms with van der Waals surface area (Å²) in [5, 5.41) is 3.70. The molecule has 1 saturated carbocycles. The molecule has 2 nitrogen and oxygen atoms in total. The molecule has 1 aromatic heterocycles. The third-order valence-electron chi connectivity index (χ3n) is 5.29. The molecule has 2 heteroatoms. The van der Waals surface area contributed by atoms with Crippen LogP contribution in [0.3, 0.4) is 0 Å². The van der Waals surface area contributed by atoms with Gasteiger partial charge < -0.3 is 9.88 Å². The van der Waals surface area contributed by atoms with Gasteiger partial charge in [-0.2, -0.15) is 0 Å². The van der Waals surface area contributed by atoms with Crippen LogP contribution in [-0.2, 0) is 13.1 Å². The highest BCUT2D eigenvalue weighted by atomic mass is 15.0. The van der Waals surface area contributed by atoms with Crippen LogP contribution in [0, 0.1) is 25.7 Å². The van der Waals surface area contributed by atoms with Gasteiger partial charge in [-0.25, -0.2) is 0 Å². The van der Waals surface area contributed by atoms with Crippen molar-refractivity contribution in [2.45, 2.75) is 72.9 Å². The molecule has 1 heterocycles. The minimum atomic E-state index is 0.910. The first-order chi connectivity index (χ1) is 9.65. The monoisotopic (exact) mass is 276 g/mol. The predicted molar refractivity (Wildman–Crippen MR) is 87.0 cm³/mol. The molecule has 1 fully saturated rings. The average Bonchev–Trinajstić information content (AvgIpc) is 2.74. The fraction of sp³-hybridized carbons (Fsp3) is 0.778. The fourth-order valence-corrected chi connectivity index (χ4v) is 3.79. The molecular weight excluding hydrogens is 244 g/mol. The largest absolute Gasteiger partial charge is 0.349 e. The highest BCUT2D eigenvalue weighted by Gasteiger charge is 2.19. The van der Waals surface area contributed by atoms with E-state index in [2.05, 4.69) is 43.6 Å². The van der Waals surface area contributed by atoms with E-state index in [1.807, 2.05) is 0 Å². The summed E-state index contributed by atoms with van der Waals surface area (Å²) in [7, 11) is 0. The molecule has 0 radical (unpaired) electrons. The first-order valence-electron chi connectivity index (χ1n) is 8.52. The maximum Gasteiger partial charge on any atom is 0.0223 e. The average molecular weight is 276 g/mol. The van der Waals surface area contributed by atoms with E-state index in [1.54, 1.807) is 0 Å². The summed E-state index contributed by atoms with van der Waals surface area (Å²) in [6, 6.07) is 2.35. The molecule has 0 saturated heterocycles. The Kier molecular flexibility index (Phi) is 5.71. The minimum Gasteiger partial charge on any atom is -0.349 e. The van der Waals surface area contributed by atoms with Crippen molar-refractivity contribution in [2.24, 2.45) is 11.8 Å². The number of hydrogen-bond acceptors (Lipinski definition) is 1. The van der Waals surface area contributed by atoms with Crippen LogP contribution in [0.1, 0.15) is 62.9 Å². The summed E-state index contributed by atoms with van der Waals surface area (Å²) in [5.41, 5.74) is 4.31. The summed E-state index contributed by atoms with van der Waals surface area (Å²) in [6.45, 7) is 12.3. The Morgan fingerprint density at radius 1 is 1.10 bits per heavy atom. The van der Waals surface area contributed by atoms with Crippen LogP contribution in [0.2, 0.25) is 0 Å². The van der Waals surface area contributed by atoms with Crippen LogP contribution in [-0.4, -0.2) is 11.1 Å². The summed E-state index contributed by atoms with van der Waals surface area (Å²) in [6.07, 6.45) is 7.14. The lowest BCUT2D eigenvalue weighted by Crippen LogP contribution is -2.26. The number of rotatable bonds is 6. The Labute approximate surface area is 125 Å². The van der Waals surface area contributed by atoms with E-state index in [1.165, 1.54) is 55.6 Å². The molecule has 20 heavy (non-hydrogen) atoms. The van der Waals surface area contributed by atoms with E-state index in [0.717, 1.165) is 24.9 Å². The zero-order chi connectivity index (χ0) is 14.5. The van der Waals surface area contributed by atoms with Crippen LogP contribution in [0.25, 0.3) is 0 Å². The van der Waals surface area contributed by atoms with E-state index in [-0.39, 0.29) is 0 Å². The van der Waals surface area contributed by atoms with Crippen molar-refractivity contribution in [1.29, 1.82) is 0 Å². The van der Waals surface area contributed by atoms with Gasteiger partial charge in [0.1, 0.15) is 0 Å². The van der Waals surface area contributed by atoms with Gasteiger partial charge in [0.2, 0.25) is 0 Å². The molecule has 0 unspecified atom stereocenters. The molecule has 0 atom stereocenters. The minimum absolute atomic E-state index is 0.910. The summed E-state index contributed by atoms with van der Waals surface area (Å²) < 4.78 is 2.41. The quantitative estimate of drug-likeness (QED) is 0.813. The van der Waals surface area contributed by atoms with Crippen molar-refractivity contribution in [1.82, 2.24) is 9.88 Å². The second-order valence-corrected chi connectivity index (χ2v) is 6.57. The number of nitrogens with zero attached hydrogens (tertiary/aromatic N) is 1. The van der Waals surface area contributed by atoms with Crippen molar-refractivity contribution < 1.29 is 0 Å². The SMILES string of the molecule is CCC1CCC(CNCc2cc(C)n(CC)c2C)CC1. The van der Waals surface area contributed by atoms with Gasteiger partial charge in [0.25, 0.3) is 0 Å². The second-order valence-electron chi connectivity index (χ2n) is 6.57. The first-order valence-corrected chi connectivity index (χ1v) is 8.52. The Morgan fingerprint density at radius 3 is 2.30 bits per heavy atom. The molecule has 1 aliphatic rings. The second kappa shape index (κ2) is 7.31. The molecule has 0 aliphatic heterocycles. The zero-order valence-electron chi connectivity index (χ0n) is 13.8. The Hall–Kier alpha value is -0.760. The molecule has 114 valence electrons. The van der Waals surface area contributed by atoms with Crippen LogP contribution in [0.4, 0.5) is 0 Å². The van der Waals surface area contributed by atoms with Gasteiger partial charge >= 0.3 is 0 Å². The fourth-order valence-electron chi connectivity index (χ4n) is 3.79. The summed E-state index contributed by atoms with van der Waals surface area (Å²) in [5.74, 6) is 1.92. The van der Waals surface area contributed by atoms with Gasteiger partial charge in [-0.1, -0.05) is 26.2 Å². The molecule has 2 rings (SSSR count). The van der Waals surface area contributed by atoms with E-state index in [0.29, 0.717) is 0 Å². The maximum atomic E-state index is 3.70. The molecule has 0 amide bonds. The predicted octanol–water partition coefficient (Wildman–Crippen LogP) is 4.43. The molecule has 0 aromatic carbocycles. The molecule has 0 bridgehead atoms. The molecule has 1 aromatic rings. The van der Waals surface area contributed by atoms with Gasteiger partial charge in [-0.15, -0.1) is 0 Å². The van der Waals surface area contributed by atoms with Gasteiger partial charge in [0.15, 0.2) is 0 Å². The molecule has 1 aliphatic carbocycles. The standard InChI is InChI=1S/C18H32N2/c1-5-16-7-9-17(10-8-16)12-19-13-18-11-14(3)20(6-2)15(18)4/h11,16-17,19H,5-10,12-13H2,1-4H3. The van der Waals surface area contributed by atoms with Crippen molar-refractivity contribution >= 4 is 0 Å². The van der Waals surface area contributed by atoms with E-state index in [4.69, 9.17) is 0 Å². The zero-order valence-corrected chi connectivity index (χ0v) is 13.8. The normalized spacial score (nSPS) is 23.2. The Morgan fingerprint density at radius 2 is 1.75 bits per heavy atom. The van der Waals surface area contributed by atoms with Crippen LogP contribution < -0.4 is 5.32 Å². The van der Waals surface area contributed by atoms with E-state index < -0.39 is 0 Å². The van der Waals surface area contributed by atoms with Crippen LogP contribution in [0.5, 0.6) is 0 Å². The summed E-state index contributed by atoms with van der Waals surface area (Å²) >= 11 is 0. The van der Waals surface area contributed by atoms with Gasteiger partial charge in [-0.05, 0) is 63.6 Å². The van der Waals surface area contributed by atoms with Crippen LogP contribution in [0.15, 0.2) is 6.07 Å². The lowest BCUT2D eigenvalue weighted by molar-refractivity contribution is 0.262. The van der Waals surface area contributed by atoms with E-state index >= 15 is 0 Å². The highest BCUT2D eigenvalue weighted by molar-refractivity contribution is 5.26. The summed E-state index contributed by atoms with van der Waals surface area (Å²) in [4.78, 5) is 0. The number of aromatic nitrogens is 1. The number of aryl methyl sites for hydroxylation is 1. The Balaban J connectivity index is 1.76. The van der Waals surface area contributed by atoms with Crippen molar-refractivity contribution in [3.63, 3.8) is 0 Å². The highest BCUT2D eigenvalue weighted by Crippen LogP contribution is 2.30. The molecule has 0 spiro atoms. The molecular formula is C18H32N2. The number of nitrogens with one attached hydrogen (secondary N) is 1. The van der Waals surface area contributed by atoms with Crippen molar-refractivity contribution in [3.8, 4) is 0 Å². The third kappa shape index (κ3) is 3.66. The van der Waals surface area contributed by atoms with Crippen molar-refractivity contribution in [2.75, 3.05) is 6.54 Å². The maximum absolute atomic E-state index is 3.70. The lowest BCUT2D eigenvalue weighted by atomic mass is 9.81. The lowest BCUT2D eigenvalue weighted by Gasteiger charge is -2.27. The molecule has 1 N–H and O–H groups in total. The first kappa shape index (κ1) is 15.6. The van der Waals surface area contributed by atoms with Gasteiger partial charge in [-0.3, -0.25) is 0 Å². The topological polar surface area (TPSA) is 17.0 Å². The van der Waals surface area contributed by atoms with Gasteiger partial charge in [0.05, 0.1) is 0 Å². The van der Waals surface area contributed by atoms with Gasteiger partial charge in [0, 0.05) is 24.5 Å². The smallest absolute Gasteiger partial charge is 0.0223 e. The number of hydrogen-bond donors (Lipinski definition) is 1. The third-order valence-corrected chi connectivity index (χ3v) is 5.29.